The number of hydrogen-bond acceptors (Lipinski definition) is 4. The van der Waals surface area contributed by atoms with Crippen LogP contribution in [0.25, 0.3) is 0 Å². The van der Waals surface area contributed by atoms with E-state index >= 15 is 0 Å². The van der Waals surface area contributed by atoms with Gasteiger partial charge in [0.25, 0.3) is 0 Å². The highest BCUT2D eigenvalue weighted by molar-refractivity contribution is 8.14. The van der Waals surface area contributed by atoms with Gasteiger partial charge in [-0.2, -0.15) is 0 Å². The van der Waals surface area contributed by atoms with Crippen LogP contribution >= 0.6 is 11.8 Å². The van der Waals surface area contributed by atoms with Gasteiger partial charge >= 0.3 is 11.8 Å². The lowest BCUT2D eigenvalue weighted by Crippen LogP contribution is -2.37. The van der Waals surface area contributed by atoms with Crippen molar-refractivity contribution in [3.63, 3.8) is 0 Å². The Morgan fingerprint density at radius 3 is 2.67 bits per heavy atom. The van der Waals surface area contributed by atoms with Crippen LogP contribution in [0.3, 0.4) is 0 Å². The number of nitrogens with zero attached hydrogens (tertiary/aromatic N) is 1. The molecule has 0 saturated heterocycles. The minimum atomic E-state index is -0.679. The molecule has 2 rings (SSSR count). The van der Waals surface area contributed by atoms with E-state index in [4.69, 9.17) is 0 Å². The molecule has 0 aromatic heterocycles. The predicted molar refractivity (Wildman–Crippen MR) is 86.7 cm³/mol. The van der Waals surface area contributed by atoms with Gasteiger partial charge in [0.15, 0.2) is 5.17 Å². The molecule has 1 unspecified atom stereocenters. The number of carbonyl (C=O) groups excluding carboxylic acids is 2. The number of nitrogens with one attached hydrogen (secondary N) is 2. The van der Waals surface area contributed by atoms with E-state index < -0.39 is 11.8 Å². The van der Waals surface area contributed by atoms with Crippen molar-refractivity contribution in [2.24, 2.45) is 4.99 Å². The minimum absolute atomic E-state index is 0.319. The van der Waals surface area contributed by atoms with Gasteiger partial charge in [-0.05, 0) is 24.0 Å². The Hall–Kier alpha value is -1.82. The summed E-state index contributed by atoms with van der Waals surface area (Å²) in [5, 5.41) is 5.73. The van der Waals surface area contributed by atoms with Crippen molar-refractivity contribution in [1.82, 2.24) is 5.32 Å². The van der Waals surface area contributed by atoms with Crippen LogP contribution in [0.15, 0.2) is 29.3 Å². The molecule has 1 aromatic carbocycles. The predicted octanol–water partition coefficient (Wildman–Crippen LogP) is 2.36. The van der Waals surface area contributed by atoms with E-state index in [1.165, 1.54) is 11.8 Å². The van der Waals surface area contributed by atoms with Crippen molar-refractivity contribution in [1.29, 1.82) is 0 Å². The van der Waals surface area contributed by atoms with Crippen molar-refractivity contribution in [2.75, 3.05) is 17.6 Å². The third-order valence-corrected chi connectivity index (χ3v) is 4.26. The highest BCUT2D eigenvalue weighted by Gasteiger charge is 2.19. The summed E-state index contributed by atoms with van der Waals surface area (Å²) < 4.78 is 0. The highest BCUT2D eigenvalue weighted by atomic mass is 32.2. The third kappa shape index (κ3) is 4.07. The second-order valence-electron chi connectivity index (χ2n) is 4.84. The molecule has 0 fully saturated rings. The summed E-state index contributed by atoms with van der Waals surface area (Å²) in [7, 11) is 0. The summed E-state index contributed by atoms with van der Waals surface area (Å²) in [4.78, 5) is 27.9. The molecule has 1 aromatic rings. The minimum Gasteiger partial charge on any atom is -0.318 e. The molecular weight excluding hydrogens is 286 g/mol. The van der Waals surface area contributed by atoms with Gasteiger partial charge in [0.1, 0.15) is 0 Å². The van der Waals surface area contributed by atoms with Crippen LogP contribution < -0.4 is 10.6 Å². The maximum atomic E-state index is 12.0. The first-order chi connectivity index (χ1) is 10.1. The summed E-state index contributed by atoms with van der Waals surface area (Å²) in [6, 6.07) is 7.56. The first-order valence-corrected chi connectivity index (χ1v) is 7.99. The number of para-hydroxylation sites is 1. The summed E-state index contributed by atoms with van der Waals surface area (Å²) in [5.41, 5.74) is 1.72. The number of rotatable bonds is 3. The Morgan fingerprint density at radius 2 is 2.00 bits per heavy atom. The normalized spacial score (nSPS) is 15.2. The Bertz CT molecular complexity index is 572. The Labute approximate surface area is 128 Å². The van der Waals surface area contributed by atoms with Gasteiger partial charge in [0.2, 0.25) is 0 Å². The van der Waals surface area contributed by atoms with Gasteiger partial charge in [-0.3, -0.25) is 19.9 Å². The quantitative estimate of drug-likeness (QED) is 0.842. The number of anilines is 1. The molecule has 1 aliphatic rings. The Balaban J connectivity index is 2.03. The van der Waals surface area contributed by atoms with E-state index in [2.05, 4.69) is 29.5 Å². The van der Waals surface area contributed by atoms with Crippen LogP contribution in [0.5, 0.6) is 0 Å². The van der Waals surface area contributed by atoms with Gasteiger partial charge in [-0.1, -0.05) is 43.8 Å². The van der Waals surface area contributed by atoms with Gasteiger partial charge in [-0.15, -0.1) is 0 Å². The van der Waals surface area contributed by atoms with Crippen molar-refractivity contribution < 1.29 is 9.59 Å². The molecule has 0 spiro atoms. The van der Waals surface area contributed by atoms with Crippen molar-refractivity contribution >= 4 is 34.4 Å². The monoisotopic (exact) mass is 305 g/mol. The maximum absolute atomic E-state index is 12.0. The van der Waals surface area contributed by atoms with Gasteiger partial charge in [0, 0.05) is 11.4 Å². The van der Waals surface area contributed by atoms with E-state index in [1.54, 1.807) is 0 Å². The molecule has 6 heteroatoms. The Morgan fingerprint density at radius 1 is 1.29 bits per heavy atom. The standard InChI is InChI=1S/C15H19N3O2S/c1-3-10(2)11-6-4-5-7-12(11)17-13(19)14(20)18-15-16-8-9-21-15/h4-7,10H,3,8-9H2,1-2H3,(H,17,19)(H,16,18,20). The van der Waals surface area contributed by atoms with Gasteiger partial charge < -0.3 is 5.32 Å². The first-order valence-electron chi connectivity index (χ1n) is 7.00. The molecule has 0 saturated carbocycles. The van der Waals surface area contributed by atoms with Crippen LogP contribution in [0.4, 0.5) is 5.69 Å². The average Bonchev–Trinajstić information content (AvgIpc) is 2.99. The zero-order chi connectivity index (χ0) is 15.2. The summed E-state index contributed by atoms with van der Waals surface area (Å²) in [6.45, 7) is 4.86. The number of amidine groups is 1. The zero-order valence-electron chi connectivity index (χ0n) is 12.2. The molecule has 1 heterocycles. The zero-order valence-corrected chi connectivity index (χ0v) is 13.0. The molecule has 112 valence electrons. The van der Waals surface area contributed by atoms with Gasteiger partial charge in [-0.25, -0.2) is 0 Å². The van der Waals surface area contributed by atoms with E-state index in [0.717, 1.165) is 17.7 Å². The molecule has 5 nitrogen and oxygen atoms in total. The lowest BCUT2D eigenvalue weighted by atomic mass is 9.97. The smallest absolute Gasteiger partial charge is 0.315 e. The van der Waals surface area contributed by atoms with E-state index in [1.807, 2.05) is 24.3 Å². The van der Waals surface area contributed by atoms with E-state index in [9.17, 15) is 9.59 Å². The number of benzene rings is 1. The number of thioether (sulfide) groups is 1. The average molecular weight is 305 g/mol. The Kier molecular flexibility index (Phi) is 5.38. The SMILES string of the molecule is CCC(C)c1ccccc1NC(=O)C(=O)NC1=NCCS1. The topological polar surface area (TPSA) is 70.6 Å². The first kappa shape index (κ1) is 15.6. The fourth-order valence-electron chi connectivity index (χ4n) is 2.00. The maximum Gasteiger partial charge on any atom is 0.315 e. The fraction of sp³-hybridized carbons (Fsp3) is 0.400. The number of amides is 2. The molecule has 2 N–H and O–H groups in total. The molecule has 1 aliphatic heterocycles. The lowest BCUT2D eigenvalue weighted by Gasteiger charge is -2.15. The summed E-state index contributed by atoms with van der Waals surface area (Å²) in [5.74, 6) is -0.184. The van der Waals surface area contributed by atoms with Crippen molar-refractivity contribution in [2.45, 2.75) is 26.2 Å². The van der Waals surface area contributed by atoms with Crippen LogP contribution in [0, 0.1) is 0 Å². The number of aliphatic imine (C=N–C) groups is 1. The summed E-state index contributed by atoms with van der Waals surface area (Å²) >= 11 is 1.44. The fourth-order valence-corrected chi connectivity index (χ4v) is 2.73. The molecule has 0 radical (unpaired) electrons. The molecule has 2 amide bonds. The van der Waals surface area contributed by atoms with Crippen molar-refractivity contribution in [3.05, 3.63) is 29.8 Å². The number of carbonyl (C=O) groups is 2. The second-order valence-corrected chi connectivity index (χ2v) is 5.92. The van der Waals surface area contributed by atoms with Crippen LogP contribution in [-0.4, -0.2) is 29.3 Å². The van der Waals surface area contributed by atoms with Gasteiger partial charge in [0.05, 0.1) is 6.54 Å². The third-order valence-electron chi connectivity index (χ3n) is 3.36. The number of hydrogen-bond donors (Lipinski definition) is 2. The molecule has 0 bridgehead atoms. The van der Waals surface area contributed by atoms with Crippen LogP contribution in [0.2, 0.25) is 0 Å². The summed E-state index contributed by atoms with van der Waals surface area (Å²) in [6.07, 6.45) is 0.965. The highest BCUT2D eigenvalue weighted by Crippen LogP contribution is 2.26. The second kappa shape index (κ2) is 7.26. The van der Waals surface area contributed by atoms with Crippen LogP contribution in [0.1, 0.15) is 31.7 Å². The molecule has 21 heavy (non-hydrogen) atoms. The van der Waals surface area contributed by atoms with Crippen LogP contribution in [-0.2, 0) is 9.59 Å². The largest absolute Gasteiger partial charge is 0.318 e. The molecule has 0 aliphatic carbocycles. The molecule has 1 atom stereocenters. The van der Waals surface area contributed by atoms with E-state index in [0.29, 0.717) is 23.3 Å². The van der Waals surface area contributed by atoms with E-state index in [-0.39, 0.29) is 0 Å². The molecular formula is C15H19N3O2S. The van der Waals surface area contributed by atoms with Crippen molar-refractivity contribution in [3.8, 4) is 0 Å². The lowest BCUT2D eigenvalue weighted by molar-refractivity contribution is -0.135.